The van der Waals surface area contributed by atoms with Gasteiger partial charge in [-0.25, -0.2) is 0 Å². The zero-order valence-electron chi connectivity index (χ0n) is 13.6. The minimum Gasteiger partial charge on any atom is -0.507 e. The molecule has 3 atom stereocenters. The molecule has 3 unspecified atom stereocenters. The van der Waals surface area contributed by atoms with Crippen molar-refractivity contribution in [3.63, 3.8) is 0 Å². The van der Waals surface area contributed by atoms with E-state index in [-0.39, 0.29) is 0 Å². The summed E-state index contributed by atoms with van der Waals surface area (Å²) in [6, 6.07) is 6.09. The second kappa shape index (κ2) is 4.91. The number of hydrogen-bond acceptors (Lipinski definition) is 3. The summed E-state index contributed by atoms with van der Waals surface area (Å²) in [6.07, 6.45) is 3.95. The summed E-state index contributed by atoms with van der Waals surface area (Å²) in [5, 5.41) is 13.8. The van der Waals surface area contributed by atoms with E-state index in [0.717, 1.165) is 18.0 Å². The smallest absolute Gasteiger partial charge is 0.123 e. The molecule has 2 aliphatic carbocycles. The Morgan fingerprint density at radius 1 is 1.33 bits per heavy atom. The van der Waals surface area contributed by atoms with Crippen LogP contribution in [0, 0.1) is 16.7 Å². The molecule has 0 radical (unpaired) electrons. The summed E-state index contributed by atoms with van der Waals surface area (Å²) in [5.41, 5.74) is 1.74. The van der Waals surface area contributed by atoms with Gasteiger partial charge in [0.05, 0.1) is 7.11 Å². The van der Waals surface area contributed by atoms with Crippen LogP contribution in [0.25, 0.3) is 0 Å². The Balaban J connectivity index is 1.69. The number of hydrogen-bond donors (Lipinski definition) is 2. The van der Waals surface area contributed by atoms with Crippen molar-refractivity contribution in [1.29, 1.82) is 0 Å². The third kappa shape index (κ3) is 2.13. The van der Waals surface area contributed by atoms with Gasteiger partial charge in [-0.3, -0.25) is 0 Å². The van der Waals surface area contributed by atoms with Gasteiger partial charge in [-0.1, -0.05) is 26.8 Å². The molecule has 2 bridgehead atoms. The van der Waals surface area contributed by atoms with Crippen LogP contribution in [-0.4, -0.2) is 18.3 Å². The lowest BCUT2D eigenvalue weighted by molar-refractivity contribution is 0.120. The number of nitrogens with one attached hydrogen (secondary N) is 1. The van der Waals surface area contributed by atoms with Crippen LogP contribution in [0.3, 0.4) is 0 Å². The van der Waals surface area contributed by atoms with Crippen molar-refractivity contribution >= 4 is 0 Å². The molecule has 2 saturated carbocycles. The van der Waals surface area contributed by atoms with Crippen LogP contribution in [0.4, 0.5) is 0 Å². The minimum atomic E-state index is 0.314. The molecule has 2 aliphatic rings. The first-order valence-electron chi connectivity index (χ1n) is 7.98. The lowest BCUT2D eigenvalue weighted by Crippen LogP contribution is -2.44. The first-order chi connectivity index (χ1) is 9.88. The summed E-state index contributed by atoms with van der Waals surface area (Å²) in [5.74, 6) is 1.85. The highest BCUT2D eigenvalue weighted by atomic mass is 16.5. The van der Waals surface area contributed by atoms with E-state index in [4.69, 9.17) is 4.74 Å². The Bertz CT molecular complexity index is 540. The Morgan fingerprint density at radius 2 is 2.10 bits per heavy atom. The highest BCUT2D eigenvalue weighted by molar-refractivity contribution is 5.39. The van der Waals surface area contributed by atoms with Gasteiger partial charge in [0.25, 0.3) is 0 Å². The van der Waals surface area contributed by atoms with E-state index in [1.165, 1.54) is 19.3 Å². The van der Waals surface area contributed by atoms with E-state index in [2.05, 4.69) is 26.1 Å². The largest absolute Gasteiger partial charge is 0.507 e. The molecule has 116 valence electrons. The molecule has 0 heterocycles. The number of aromatic hydroxyl groups is 1. The molecule has 0 amide bonds. The summed E-state index contributed by atoms with van der Waals surface area (Å²) in [6.45, 7) is 8.01. The molecule has 2 N–H and O–H groups in total. The standard InChI is InChI=1S/C18H27NO2/c1-17(2)13-7-8-18(17,3)16(9-13)19-11-12-5-6-14(21-4)10-15(12)20/h5-6,10,13,16,19-20H,7-9,11H2,1-4H3. The van der Waals surface area contributed by atoms with Crippen molar-refractivity contribution in [2.24, 2.45) is 16.7 Å². The van der Waals surface area contributed by atoms with Crippen molar-refractivity contribution in [3.8, 4) is 11.5 Å². The fourth-order valence-corrected chi connectivity index (χ4v) is 4.57. The van der Waals surface area contributed by atoms with Gasteiger partial charge < -0.3 is 15.2 Å². The Labute approximate surface area is 127 Å². The van der Waals surface area contributed by atoms with Crippen LogP contribution in [0.2, 0.25) is 0 Å². The summed E-state index contributed by atoms with van der Waals surface area (Å²) >= 11 is 0. The van der Waals surface area contributed by atoms with Crippen molar-refractivity contribution in [2.45, 2.75) is 52.6 Å². The number of benzene rings is 1. The van der Waals surface area contributed by atoms with Gasteiger partial charge in [0, 0.05) is 24.2 Å². The predicted molar refractivity (Wildman–Crippen MR) is 84.5 cm³/mol. The van der Waals surface area contributed by atoms with Gasteiger partial charge in [-0.15, -0.1) is 0 Å². The van der Waals surface area contributed by atoms with E-state index < -0.39 is 0 Å². The molecule has 2 fully saturated rings. The molecule has 1 aromatic rings. The van der Waals surface area contributed by atoms with E-state index in [9.17, 15) is 5.11 Å². The maximum absolute atomic E-state index is 10.1. The summed E-state index contributed by atoms with van der Waals surface area (Å²) in [4.78, 5) is 0. The van der Waals surface area contributed by atoms with E-state index in [1.54, 1.807) is 13.2 Å². The Hall–Kier alpha value is -1.22. The molecule has 0 aliphatic heterocycles. The van der Waals surface area contributed by atoms with Gasteiger partial charge in [-0.05, 0) is 42.1 Å². The lowest BCUT2D eigenvalue weighted by atomic mass is 9.69. The molecule has 3 rings (SSSR count). The number of rotatable bonds is 4. The molecular weight excluding hydrogens is 262 g/mol. The third-order valence-corrected chi connectivity index (χ3v) is 6.63. The highest BCUT2D eigenvalue weighted by Crippen LogP contribution is 2.65. The maximum Gasteiger partial charge on any atom is 0.123 e. The van der Waals surface area contributed by atoms with E-state index >= 15 is 0 Å². The topological polar surface area (TPSA) is 41.5 Å². The molecule has 3 nitrogen and oxygen atoms in total. The molecular formula is C18H27NO2. The molecule has 21 heavy (non-hydrogen) atoms. The fourth-order valence-electron chi connectivity index (χ4n) is 4.57. The monoisotopic (exact) mass is 289 g/mol. The van der Waals surface area contributed by atoms with E-state index in [1.807, 2.05) is 12.1 Å². The van der Waals surface area contributed by atoms with Crippen LogP contribution >= 0.6 is 0 Å². The lowest BCUT2D eigenvalue weighted by Gasteiger charge is -2.39. The van der Waals surface area contributed by atoms with Gasteiger partial charge in [0.1, 0.15) is 11.5 Å². The van der Waals surface area contributed by atoms with Gasteiger partial charge in [0.2, 0.25) is 0 Å². The first-order valence-corrected chi connectivity index (χ1v) is 7.98. The summed E-state index contributed by atoms with van der Waals surface area (Å²) < 4.78 is 5.13. The van der Waals surface area contributed by atoms with Crippen LogP contribution in [0.5, 0.6) is 11.5 Å². The number of methoxy groups -OCH3 is 1. The van der Waals surface area contributed by atoms with Crippen LogP contribution in [0.1, 0.15) is 45.6 Å². The average Bonchev–Trinajstić information content (AvgIpc) is 2.78. The Kier molecular flexibility index (Phi) is 3.44. The second-order valence-electron chi connectivity index (χ2n) is 7.54. The number of ether oxygens (including phenoxy) is 1. The van der Waals surface area contributed by atoms with E-state index in [0.29, 0.717) is 28.4 Å². The Morgan fingerprint density at radius 3 is 2.62 bits per heavy atom. The third-order valence-electron chi connectivity index (χ3n) is 6.63. The van der Waals surface area contributed by atoms with Crippen molar-refractivity contribution in [1.82, 2.24) is 5.32 Å². The average molecular weight is 289 g/mol. The quantitative estimate of drug-likeness (QED) is 0.888. The SMILES string of the molecule is COc1ccc(CNC2CC3CCC2(C)C3(C)C)c(O)c1. The predicted octanol–water partition coefficient (Wildman–Crippen LogP) is 3.71. The molecule has 0 aromatic heterocycles. The van der Waals surface area contributed by atoms with Gasteiger partial charge in [0.15, 0.2) is 0 Å². The molecule has 0 saturated heterocycles. The number of fused-ring (bicyclic) bond motifs is 2. The van der Waals surface area contributed by atoms with Gasteiger partial charge in [-0.2, -0.15) is 0 Å². The van der Waals surface area contributed by atoms with Crippen LogP contribution < -0.4 is 10.1 Å². The maximum atomic E-state index is 10.1. The summed E-state index contributed by atoms with van der Waals surface area (Å²) in [7, 11) is 1.62. The number of phenolic OH excluding ortho intramolecular Hbond substituents is 1. The second-order valence-corrected chi connectivity index (χ2v) is 7.54. The highest BCUT2D eigenvalue weighted by Gasteiger charge is 2.60. The zero-order chi connectivity index (χ0) is 15.3. The molecule has 1 aromatic carbocycles. The van der Waals surface area contributed by atoms with Crippen molar-refractivity contribution < 1.29 is 9.84 Å². The zero-order valence-corrected chi connectivity index (χ0v) is 13.6. The molecule has 0 spiro atoms. The number of phenols is 1. The molecule has 3 heteroatoms. The van der Waals surface area contributed by atoms with Crippen LogP contribution in [-0.2, 0) is 6.54 Å². The van der Waals surface area contributed by atoms with Crippen molar-refractivity contribution in [3.05, 3.63) is 23.8 Å². The normalized spacial score (nSPS) is 33.3. The first kappa shape index (κ1) is 14.7. The minimum absolute atomic E-state index is 0.314. The van der Waals surface area contributed by atoms with Gasteiger partial charge >= 0.3 is 0 Å². The van der Waals surface area contributed by atoms with Crippen molar-refractivity contribution in [2.75, 3.05) is 7.11 Å². The fraction of sp³-hybridized carbons (Fsp3) is 0.667. The van der Waals surface area contributed by atoms with Crippen LogP contribution in [0.15, 0.2) is 18.2 Å².